The molecule has 0 radical (unpaired) electrons. The van der Waals surface area contributed by atoms with E-state index in [0.717, 1.165) is 10.2 Å². The van der Waals surface area contributed by atoms with E-state index < -0.39 is 0 Å². The maximum absolute atomic E-state index is 12.1. The molecule has 0 aliphatic carbocycles. The number of thiophene rings is 1. The molecule has 136 valence electrons. The van der Waals surface area contributed by atoms with Gasteiger partial charge in [0.15, 0.2) is 9.47 Å². The standard InChI is InChI=1S/C16H11N5O2S4/c22-12(18-14-17-9-4-1-2-5-10(9)26-14)8-25-16-21-20-15(27-16)19-13(23)11-6-3-7-24-11/h1-7H,8H2,(H,17,18,22)(H,19,20,23). The zero-order chi connectivity index (χ0) is 18.6. The first kappa shape index (κ1) is 18.0. The molecular formula is C16H11N5O2S4. The van der Waals surface area contributed by atoms with Gasteiger partial charge in [-0.1, -0.05) is 52.6 Å². The summed E-state index contributed by atoms with van der Waals surface area (Å²) in [4.78, 5) is 29.1. The highest BCUT2D eigenvalue weighted by atomic mass is 32.2. The molecule has 3 heterocycles. The zero-order valence-electron chi connectivity index (χ0n) is 13.5. The average Bonchev–Trinajstić information content (AvgIpc) is 3.40. The van der Waals surface area contributed by atoms with Crippen LogP contribution in [0.3, 0.4) is 0 Å². The molecule has 27 heavy (non-hydrogen) atoms. The van der Waals surface area contributed by atoms with Gasteiger partial charge < -0.3 is 5.32 Å². The van der Waals surface area contributed by atoms with Crippen molar-refractivity contribution in [3.63, 3.8) is 0 Å². The number of amides is 2. The van der Waals surface area contributed by atoms with E-state index in [4.69, 9.17) is 0 Å². The fraction of sp³-hybridized carbons (Fsp3) is 0.0625. The predicted octanol–water partition coefficient (Wildman–Crippen LogP) is 4.19. The lowest BCUT2D eigenvalue weighted by molar-refractivity contribution is -0.113. The second-order valence-electron chi connectivity index (χ2n) is 5.13. The Kier molecular flexibility index (Phi) is 5.43. The van der Waals surface area contributed by atoms with Crippen molar-refractivity contribution in [2.24, 2.45) is 0 Å². The van der Waals surface area contributed by atoms with Crippen LogP contribution in [0.1, 0.15) is 9.67 Å². The molecule has 3 aromatic heterocycles. The van der Waals surface area contributed by atoms with E-state index in [1.165, 1.54) is 45.8 Å². The number of rotatable bonds is 6. The molecule has 0 fully saturated rings. The minimum absolute atomic E-state index is 0.168. The largest absolute Gasteiger partial charge is 0.301 e. The van der Waals surface area contributed by atoms with E-state index in [1.54, 1.807) is 6.07 Å². The van der Waals surface area contributed by atoms with Crippen LogP contribution in [-0.2, 0) is 4.79 Å². The number of thioether (sulfide) groups is 1. The molecule has 4 rings (SSSR count). The number of nitrogens with zero attached hydrogens (tertiary/aromatic N) is 3. The first-order valence-corrected chi connectivity index (χ1v) is 11.1. The van der Waals surface area contributed by atoms with Crippen LogP contribution in [0, 0.1) is 0 Å². The summed E-state index contributed by atoms with van der Waals surface area (Å²) in [5.74, 6) is -0.201. The number of carbonyl (C=O) groups is 2. The van der Waals surface area contributed by atoms with Crippen molar-refractivity contribution in [3.8, 4) is 0 Å². The van der Waals surface area contributed by atoms with Crippen LogP contribution in [0.2, 0.25) is 0 Å². The van der Waals surface area contributed by atoms with Crippen LogP contribution < -0.4 is 10.6 Å². The fourth-order valence-corrected chi connectivity index (χ4v) is 5.14. The van der Waals surface area contributed by atoms with E-state index in [0.29, 0.717) is 19.5 Å². The van der Waals surface area contributed by atoms with E-state index >= 15 is 0 Å². The molecule has 0 unspecified atom stereocenters. The molecule has 0 bridgehead atoms. The molecule has 0 saturated heterocycles. The number of hydrogen-bond acceptors (Lipinski definition) is 9. The van der Waals surface area contributed by atoms with Gasteiger partial charge in [0.2, 0.25) is 11.0 Å². The van der Waals surface area contributed by atoms with Gasteiger partial charge in [-0.3, -0.25) is 14.9 Å². The summed E-state index contributed by atoms with van der Waals surface area (Å²) in [5.41, 5.74) is 0.862. The highest BCUT2D eigenvalue weighted by Crippen LogP contribution is 2.28. The minimum atomic E-state index is -0.216. The van der Waals surface area contributed by atoms with Gasteiger partial charge in [0.05, 0.1) is 20.8 Å². The second kappa shape index (κ2) is 8.13. The van der Waals surface area contributed by atoms with Gasteiger partial charge in [0, 0.05) is 0 Å². The normalized spacial score (nSPS) is 10.8. The van der Waals surface area contributed by atoms with Crippen LogP contribution in [-0.4, -0.2) is 32.7 Å². The smallest absolute Gasteiger partial charge is 0.267 e. The lowest BCUT2D eigenvalue weighted by Gasteiger charge is -1.99. The molecule has 0 aliphatic rings. The number of anilines is 2. The number of fused-ring (bicyclic) bond motifs is 1. The molecule has 0 saturated carbocycles. The van der Waals surface area contributed by atoms with Crippen molar-refractivity contribution in [1.82, 2.24) is 15.2 Å². The molecular weight excluding hydrogens is 422 g/mol. The summed E-state index contributed by atoms with van der Waals surface area (Å²) in [6.45, 7) is 0. The number of para-hydroxylation sites is 1. The van der Waals surface area contributed by atoms with E-state index in [9.17, 15) is 9.59 Å². The van der Waals surface area contributed by atoms with Gasteiger partial charge in [0.1, 0.15) is 0 Å². The molecule has 1 aromatic carbocycles. The van der Waals surface area contributed by atoms with Crippen molar-refractivity contribution in [2.45, 2.75) is 4.34 Å². The molecule has 7 nitrogen and oxygen atoms in total. The van der Waals surface area contributed by atoms with Crippen LogP contribution in [0.15, 0.2) is 46.1 Å². The maximum Gasteiger partial charge on any atom is 0.267 e. The molecule has 0 spiro atoms. The lowest BCUT2D eigenvalue weighted by atomic mass is 10.3. The van der Waals surface area contributed by atoms with Gasteiger partial charge >= 0.3 is 0 Å². The predicted molar refractivity (Wildman–Crippen MR) is 111 cm³/mol. The Hall–Kier alpha value is -2.34. The first-order valence-electron chi connectivity index (χ1n) is 7.64. The van der Waals surface area contributed by atoms with Gasteiger partial charge in [-0.2, -0.15) is 0 Å². The van der Waals surface area contributed by atoms with Crippen LogP contribution in [0.25, 0.3) is 10.2 Å². The summed E-state index contributed by atoms with van der Waals surface area (Å²) >= 11 is 5.28. The molecule has 2 N–H and O–H groups in total. The summed E-state index contributed by atoms with van der Waals surface area (Å²) in [5, 5.41) is 16.2. The molecule has 2 amide bonds. The molecule has 11 heteroatoms. The number of benzene rings is 1. The minimum Gasteiger partial charge on any atom is -0.301 e. The average molecular weight is 434 g/mol. The van der Waals surface area contributed by atoms with Crippen molar-refractivity contribution in [1.29, 1.82) is 0 Å². The number of carbonyl (C=O) groups excluding carboxylic acids is 2. The number of hydrogen-bond donors (Lipinski definition) is 2. The van der Waals surface area contributed by atoms with E-state index in [1.807, 2.05) is 35.7 Å². The van der Waals surface area contributed by atoms with E-state index in [2.05, 4.69) is 25.8 Å². The lowest BCUT2D eigenvalue weighted by Crippen LogP contribution is -2.13. The summed E-state index contributed by atoms with van der Waals surface area (Å²) in [6.07, 6.45) is 0. The third-order valence-electron chi connectivity index (χ3n) is 3.24. The SMILES string of the molecule is O=C(CSc1nnc(NC(=O)c2cccs2)s1)Nc1nc2ccccc2s1. The Labute approximate surface area is 169 Å². The van der Waals surface area contributed by atoms with Gasteiger partial charge in [-0.05, 0) is 23.6 Å². The first-order chi connectivity index (χ1) is 13.2. The highest BCUT2D eigenvalue weighted by Gasteiger charge is 2.13. The Balaban J connectivity index is 1.30. The third-order valence-corrected chi connectivity index (χ3v) is 7.03. The van der Waals surface area contributed by atoms with Crippen LogP contribution >= 0.6 is 45.8 Å². The van der Waals surface area contributed by atoms with Gasteiger partial charge in [-0.15, -0.1) is 21.5 Å². The highest BCUT2D eigenvalue weighted by molar-refractivity contribution is 8.01. The fourth-order valence-electron chi connectivity index (χ4n) is 2.09. The van der Waals surface area contributed by atoms with Crippen LogP contribution in [0.4, 0.5) is 10.3 Å². The Morgan fingerprint density at radius 1 is 1.00 bits per heavy atom. The van der Waals surface area contributed by atoms with Gasteiger partial charge in [0.25, 0.3) is 5.91 Å². The molecule has 0 atom stereocenters. The third kappa shape index (κ3) is 4.50. The van der Waals surface area contributed by atoms with Crippen LogP contribution in [0.5, 0.6) is 0 Å². The summed E-state index contributed by atoms with van der Waals surface area (Å²) in [7, 11) is 0. The number of nitrogens with one attached hydrogen (secondary N) is 2. The maximum atomic E-state index is 12.1. The summed E-state index contributed by atoms with van der Waals surface area (Å²) in [6, 6.07) is 11.3. The second-order valence-corrected chi connectivity index (χ2v) is 9.31. The Bertz CT molecular complexity index is 1060. The molecule has 0 aliphatic heterocycles. The van der Waals surface area contributed by atoms with E-state index in [-0.39, 0.29) is 17.6 Å². The monoisotopic (exact) mass is 433 g/mol. The van der Waals surface area contributed by atoms with Crippen molar-refractivity contribution >= 4 is 78.1 Å². The summed E-state index contributed by atoms with van der Waals surface area (Å²) < 4.78 is 1.63. The molecule has 4 aromatic rings. The van der Waals surface area contributed by atoms with Gasteiger partial charge in [-0.25, -0.2) is 4.98 Å². The van der Waals surface area contributed by atoms with Crippen molar-refractivity contribution < 1.29 is 9.59 Å². The Morgan fingerprint density at radius 3 is 2.70 bits per heavy atom. The number of aromatic nitrogens is 3. The zero-order valence-corrected chi connectivity index (χ0v) is 16.8. The quantitative estimate of drug-likeness (QED) is 0.350. The Morgan fingerprint density at radius 2 is 1.89 bits per heavy atom. The van der Waals surface area contributed by atoms with Crippen molar-refractivity contribution in [3.05, 3.63) is 46.7 Å². The topological polar surface area (TPSA) is 96.9 Å². The van der Waals surface area contributed by atoms with Crippen molar-refractivity contribution in [2.75, 3.05) is 16.4 Å². The number of thiazole rings is 1.